The molecular weight excluding hydrogens is 236 g/mol. The second-order valence-corrected chi connectivity index (χ2v) is 3.23. The van der Waals surface area contributed by atoms with Crippen LogP contribution in [0.3, 0.4) is 0 Å². The molecule has 70 valence electrons. The summed E-state index contributed by atoms with van der Waals surface area (Å²) < 4.78 is 5.20. The van der Waals surface area contributed by atoms with Crippen LogP contribution in [0.2, 0.25) is 0 Å². The Morgan fingerprint density at radius 1 is 1.69 bits per heavy atom. The Bertz CT molecular complexity index is 300. The van der Waals surface area contributed by atoms with E-state index in [0.29, 0.717) is 10.2 Å². The van der Waals surface area contributed by atoms with Crippen molar-refractivity contribution in [2.24, 2.45) is 5.73 Å². The second-order valence-electron chi connectivity index (χ2n) is 2.42. The average molecular weight is 245 g/mol. The summed E-state index contributed by atoms with van der Waals surface area (Å²) in [6.45, 7) is 0. The summed E-state index contributed by atoms with van der Waals surface area (Å²) in [6, 6.07) is 2.68. The van der Waals surface area contributed by atoms with Crippen LogP contribution in [0.15, 0.2) is 22.9 Å². The Kier molecular flexibility index (Phi) is 3.39. The predicted molar refractivity (Wildman–Crippen MR) is 50.9 cm³/mol. The lowest BCUT2D eigenvalue weighted by Gasteiger charge is -2.08. The van der Waals surface area contributed by atoms with Crippen LogP contribution in [0.4, 0.5) is 0 Å². The Morgan fingerprint density at radius 3 is 2.85 bits per heavy atom. The number of nitrogens with zero attached hydrogens (tertiary/aromatic N) is 1. The maximum Gasteiger partial charge on any atom is 0.327 e. The maximum absolute atomic E-state index is 11.0. The molecule has 0 unspecified atom stereocenters. The Balaban J connectivity index is 2.83. The van der Waals surface area contributed by atoms with Gasteiger partial charge in [0.1, 0.15) is 10.6 Å². The smallest absolute Gasteiger partial charge is 0.327 e. The lowest BCUT2D eigenvalue weighted by Crippen LogP contribution is -2.22. The quantitative estimate of drug-likeness (QED) is 0.624. The molecule has 0 spiro atoms. The topological polar surface area (TPSA) is 65.2 Å². The molecule has 1 heterocycles. The van der Waals surface area contributed by atoms with Gasteiger partial charge in [-0.2, -0.15) is 0 Å². The third kappa shape index (κ3) is 2.50. The van der Waals surface area contributed by atoms with E-state index in [1.807, 2.05) is 0 Å². The first kappa shape index (κ1) is 10.1. The van der Waals surface area contributed by atoms with Gasteiger partial charge in [-0.1, -0.05) is 6.07 Å². The molecule has 0 amide bonds. The van der Waals surface area contributed by atoms with Crippen molar-refractivity contribution in [3.8, 4) is 0 Å². The number of ether oxygens (including phenoxy) is 1. The summed E-state index contributed by atoms with van der Waals surface area (Å²) in [5, 5.41) is 0. The molecule has 13 heavy (non-hydrogen) atoms. The number of hydrogen-bond donors (Lipinski definition) is 1. The number of esters is 1. The Morgan fingerprint density at radius 2 is 2.38 bits per heavy atom. The lowest BCUT2D eigenvalue weighted by molar-refractivity contribution is -0.142. The van der Waals surface area contributed by atoms with Crippen molar-refractivity contribution in [3.05, 3.63) is 28.5 Å². The minimum Gasteiger partial charge on any atom is -0.468 e. The first-order valence-corrected chi connectivity index (χ1v) is 4.39. The minimum atomic E-state index is -0.759. The molecule has 1 atom stereocenters. The molecule has 4 nitrogen and oxygen atoms in total. The first-order valence-electron chi connectivity index (χ1n) is 3.60. The predicted octanol–water partition coefficient (Wildman–Crippen LogP) is 1.02. The van der Waals surface area contributed by atoms with Crippen molar-refractivity contribution < 1.29 is 9.53 Å². The van der Waals surface area contributed by atoms with Crippen molar-refractivity contribution in [1.82, 2.24) is 4.98 Å². The highest BCUT2D eigenvalue weighted by molar-refractivity contribution is 9.10. The fourth-order valence-electron chi connectivity index (χ4n) is 0.834. The Labute approximate surface area is 84.2 Å². The van der Waals surface area contributed by atoms with Crippen molar-refractivity contribution in [2.75, 3.05) is 7.11 Å². The fraction of sp³-hybridized carbons (Fsp3) is 0.250. The zero-order valence-electron chi connectivity index (χ0n) is 7.03. The molecule has 0 aliphatic rings. The van der Waals surface area contributed by atoms with Gasteiger partial charge < -0.3 is 10.5 Å². The molecule has 2 N–H and O–H groups in total. The van der Waals surface area contributed by atoms with Crippen LogP contribution in [0.25, 0.3) is 0 Å². The molecule has 0 bridgehead atoms. The molecule has 0 aliphatic carbocycles. The van der Waals surface area contributed by atoms with Crippen LogP contribution >= 0.6 is 15.9 Å². The van der Waals surface area contributed by atoms with Crippen molar-refractivity contribution >= 4 is 21.9 Å². The molecule has 5 heteroatoms. The number of methoxy groups -OCH3 is 1. The molecule has 1 rings (SSSR count). The van der Waals surface area contributed by atoms with E-state index in [-0.39, 0.29) is 0 Å². The molecule has 0 aliphatic heterocycles. The molecule has 0 aromatic carbocycles. The summed E-state index contributed by atoms with van der Waals surface area (Å²) in [5.74, 6) is -0.468. The molecule has 1 aromatic heterocycles. The van der Waals surface area contributed by atoms with E-state index in [9.17, 15) is 4.79 Å². The SMILES string of the molecule is COC(=O)[C@@H](N)c1ccc(Br)nc1. The van der Waals surface area contributed by atoms with Gasteiger partial charge in [0.05, 0.1) is 7.11 Å². The van der Waals surface area contributed by atoms with Crippen LogP contribution in [-0.2, 0) is 9.53 Å². The largest absolute Gasteiger partial charge is 0.468 e. The van der Waals surface area contributed by atoms with Gasteiger partial charge in [0.15, 0.2) is 0 Å². The van der Waals surface area contributed by atoms with Crippen LogP contribution in [0.1, 0.15) is 11.6 Å². The number of carbonyl (C=O) groups excluding carboxylic acids is 1. The van der Waals surface area contributed by atoms with Crippen LogP contribution in [-0.4, -0.2) is 18.1 Å². The van der Waals surface area contributed by atoms with E-state index < -0.39 is 12.0 Å². The number of pyridine rings is 1. The number of halogens is 1. The van der Waals surface area contributed by atoms with E-state index in [0.717, 1.165) is 0 Å². The number of aromatic nitrogens is 1. The van der Waals surface area contributed by atoms with Crippen molar-refractivity contribution in [2.45, 2.75) is 6.04 Å². The van der Waals surface area contributed by atoms with Gasteiger partial charge in [-0.25, -0.2) is 4.98 Å². The van der Waals surface area contributed by atoms with Gasteiger partial charge in [0.2, 0.25) is 0 Å². The van der Waals surface area contributed by atoms with Gasteiger partial charge in [-0.3, -0.25) is 4.79 Å². The third-order valence-corrected chi connectivity index (χ3v) is 2.03. The molecule has 0 fully saturated rings. The fourth-order valence-corrected chi connectivity index (χ4v) is 1.07. The minimum absolute atomic E-state index is 0.468. The van der Waals surface area contributed by atoms with Gasteiger partial charge in [0.25, 0.3) is 0 Å². The highest BCUT2D eigenvalue weighted by atomic mass is 79.9. The average Bonchev–Trinajstić information content (AvgIpc) is 2.17. The third-order valence-electron chi connectivity index (χ3n) is 1.56. The monoisotopic (exact) mass is 244 g/mol. The second kappa shape index (κ2) is 4.34. The van der Waals surface area contributed by atoms with Gasteiger partial charge in [-0.05, 0) is 27.6 Å². The zero-order chi connectivity index (χ0) is 9.84. The summed E-state index contributed by atoms with van der Waals surface area (Å²) in [7, 11) is 1.30. The van der Waals surface area contributed by atoms with Crippen molar-refractivity contribution in [1.29, 1.82) is 0 Å². The molecule has 1 aromatic rings. The van der Waals surface area contributed by atoms with E-state index in [1.54, 1.807) is 12.1 Å². The summed E-state index contributed by atoms with van der Waals surface area (Å²) >= 11 is 3.18. The number of rotatable bonds is 2. The summed E-state index contributed by atoms with van der Waals surface area (Å²) in [4.78, 5) is 15.0. The van der Waals surface area contributed by atoms with E-state index in [2.05, 4.69) is 25.7 Å². The summed E-state index contributed by atoms with van der Waals surface area (Å²) in [6.07, 6.45) is 1.53. The number of nitrogens with two attached hydrogens (primary N) is 1. The van der Waals surface area contributed by atoms with Gasteiger partial charge >= 0.3 is 5.97 Å². The number of hydrogen-bond acceptors (Lipinski definition) is 4. The first-order chi connectivity index (χ1) is 6.15. The molecule has 0 radical (unpaired) electrons. The van der Waals surface area contributed by atoms with E-state index in [1.165, 1.54) is 13.3 Å². The highest BCUT2D eigenvalue weighted by Crippen LogP contribution is 2.13. The van der Waals surface area contributed by atoms with Crippen LogP contribution in [0, 0.1) is 0 Å². The standard InChI is InChI=1S/C8H9BrN2O2/c1-13-8(12)7(10)5-2-3-6(9)11-4-5/h2-4,7H,10H2,1H3/t7-/m0/s1. The normalized spacial score (nSPS) is 12.2. The lowest BCUT2D eigenvalue weighted by atomic mass is 10.1. The Hall–Kier alpha value is -0.940. The molecule has 0 saturated carbocycles. The highest BCUT2D eigenvalue weighted by Gasteiger charge is 2.15. The van der Waals surface area contributed by atoms with E-state index in [4.69, 9.17) is 5.73 Å². The van der Waals surface area contributed by atoms with Gasteiger partial charge in [0, 0.05) is 6.20 Å². The van der Waals surface area contributed by atoms with Crippen LogP contribution < -0.4 is 5.73 Å². The molecular formula is C8H9BrN2O2. The van der Waals surface area contributed by atoms with E-state index >= 15 is 0 Å². The van der Waals surface area contributed by atoms with Gasteiger partial charge in [-0.15, -0.1) is 0 Å². The van der Waals surface area contributed by atoms with Crippen molar-refractivity contribution in [3.63, 3.8) is 0 Å². The molecule has 0 saturated heterocycles. The number of carbonyl (C=O) groups is 1. The summed E-state index contributed by atoms with van der Waals surface area (Å²) in [5.41, 5.74) is 6.20. The maximum atomic E-state index is 11.0. The van der Waals surface area contributed by atoms with Crippen LogP contribution in [0.5, 0.6) is 0 Å². The zero-order valence-corrected chi connectivity index (χ0v) is 8.61.